The fourth-order valence-corrected chi connectivity index (χ4v) is 6.13. The molecular formula is C20H21FN2O2S3. The second kappa shape index (κ2) is 8.63. The minimum atomic E-state index is -0.515. The molecule has 1 atom stereocenters. The molecule has 0 radical (unpaired) electrons. The van der Waals surface area contributed by atoms with Crippen LogP contribution in [-0.2, 0) is 4.74 Å². The Hall–Kier alpha value is -1.90. The van der Waals surface area contributed by atoms with Crippen molar-refractivity contribution in [1.82, 2.24) is 10.3 Å². The second-order valence-corrected chi connectivity index (χ2v) is 10.4. The Labute approximate surface area is 176 Å². The summed E-state index contributed by atoms with van der Waals surface area (Å²) < 4.78 is 21.0. The van der Waals surface area contributed by atoms with E-state index in [0.29, 0.717) is 5.56 Å². The first kappa shape index (κ1) is 20.8. The van der Waals surface area contributed by atoms with Crippen LogP contribution in [0.4, 0.5) is 9.18 Å². The molecule has 1 unspecified atom stereocenters. The molecule has 0 saturated heterocycles. The van der Waals surface area contributed by atoms with Gasteiger partial charge in [-0.1, -0.05) is 32.5 Å². The number of hydrogen-bond acceptors (Lipinski definition) is 6. The predicted molar refractivity (Wildman–Crippen MR) is 114 cm³/mol. The van der Waals surface area contributed by atoms with E-state index in [1.165, 1.54) is 24.6 Å². The fourth-order valence-electron chi connectivity index (χ4n) is 2.62. The molecule has 0 aliphatic rings. The molecule has 0 aliphatic heterocycles. The number of alkyl carbamates (subject to hydrolysis) is 1. The molecular weight excluding hydrogens is 415 g/mol. The van der Waals surface area contributed by atoms with E-state index in [1.807, 2.05) is 38.3 Å². The molecule has 1 amide bonds. The van der Waals surface area contributed by atoms with Gasteiger partial charge in [-0.15, -0.1) is 11.3 Å². The summed E-state index contributed by atoms with van der Waals surface area (Å²) in [5, 5.41) is 6.56. The van der Waals surface area contributed by atoms with Crippen molar-refractivity contribution in [2.45, 2.75) is 36.0 Å². The molecule has 0 saturated carbocycles. The number of thiophene rings is 2. The Kier molecular flexibility index (Phi) is 6.42. The van der Waals surface area contributed by atoms with E-state index in [9.17, 15) is 9.18 Å². The number of nitrogens with one attached hydrogen (secondary N) is 1. The van der Waals surface area contributed by atoms with Crippen LogP contribution in [0.2, 0.25) is 0 Å². The van der Waals surface area contributed by atoms with Gasteiger partial charge in [-0.3, -0.25) is 0 Å². The first-order valence-electron chi connectivity index (χ1n) is 8.62. The maximum atomic E-state index is 14.4. The van der Waals surface area contributed by atoms with Gasteiger partial charge in [0, 0.05) is 44.9 Å². The highest BCUT2D eigenvalue weighted by Gasteiger charge is 2.33. The molecule has 28 heavy (non-hydrogen) atoms. The molecule has 3 heterocycles. The number of carbonyl (C=O) groups excluding carboxylic acids is 1. The highest BCUT2D eigenvalue weighted by molar-refractivity contribution is 8.01. The second-order valence-electron chi connectivity index (χ2n) is 7.15. The maximum absolute atomic E-state index is 14.4. The Morgan fingerprint density at radius 2 is 2.11 bits per heavy atom. The number of halogens is 1. The van der Waals surface area contributed by atoms with E-state index in [2.05, 4.69) is 15.7 Å². The topological polar surface area (TPSA) is 51.2 Å². The summed E-state index contributed by atoms with van der Waals surface area (Å²) in [7, 11) is 1.53. The van der Waals surface area contributed by atoms with E-state index in [4.69, 9.17) is 4.74 Å². The molecule has 0 fully saturated rings. The Morgan fingerprint density at radius 3 is 2.71 bits per heavy atom. The number of hydrogen-bond donors (Lipinski definition) is 1. The number of aromatic nitrogens is 1. The molecule has 1 N–H and O–H groups in total. The number of amides is 1. The third-order valence-electron chi connectivity index (χ3n) is 3.95. The van der Waals surface area contributed by atoms with Crippen molar-refractivity contribution in [1.29, 1.82) is 0 Å². The molecule has 0 bridgehead atoms. The third-order valence-corrected chi connectivity index (χ3v) is 7.15. The van der Waals surface area contributed by atoms with Crippen molar-refractivity contribution < 1.29 is 13.9 Å². The lowest BCUT2D eigenvalue weighted by Crippen LogP contribution is -2.28. The van der Waals surface area contributed by atoms with Crippen molar-refractivity contribution in [3.8, 4) is 11.1 Å². The minimum Gasteiger partial charge on any atom is -0.440 e. The van der Waals surface area contributed by atoms with E-state index < -0.39 is 18.1 Å². The van der Waals surface area contributed by atoms with Gasteiger partial charge in [0.15, 0.2) is 0 Å². The van der Waals surface area contributed by atoms with Crippen LogP contribution in [0, 0.1) is 11.4 Å². The first-order valence-corrected chi connectivity index (χ1v) is 11.2. The Bertz CT molecular complexity index is 949. The Balaban J connectivity index is 2.09. The number of nitrogens with zero attached hydrogens (tertiary/aromatic N) is 1. The van der Waals surface area contributed by atoms with E-state index in [1.54, 1.807) is 35.2 Å². The summed E-state index contributed by atoms with van der Waals surface area (Å²) in [5.74, 6) is -0.515. The zero-order valence-corrected chi connectivity index (χ0v) is 18.4. The van der Waals surface area contributed by atoms with Gasteiger partial charge in [0.1, 0.15) is 6.10 Å². The number of pyridine rings is 1. The van der Waals surface area contributed by atoms with Crippen LogP contribution in [0.15, 0.2) is 50.3 Å². The minimum absolute atomic E-state index is 0.327. The van der Waals surface area contributed by atoms with Crippen LogP contribution in [0.25, 0.3) is 11.1 Å². The quantitative estimate of drug-likeness (QED) is 0.458. The van der Waals surface area contributed by atoms with E-state index >= 15 is 0 Å². The molecule has 8 heteroatoms. The predicted octanol–water partition coefficient (Wildman–Crippen LogP) is 6.61. The lowest BCUT2D eigenvalue weighted by atomic mass is 9.87. The highest BCUT2D eigenvalue weighted by Crippen LogP contribution is 2.48. The zero-order valence-electron chi connectivity index (χ0n) is 16.0. The molecule has 3 rings (SSSR count). The first-order chi connectivity index (χ1) is 13.3. The number of ether oxygens (including phenoxy) is 1. The molecule has 0 spiro atoms. The Morgan fingerprint density at radius 1 is 1.32 bits per heavy atom. The number of carbonyl (C=O) groups is 1. The van der Waals surface area contributed by atoms with Gasteiger partial charge in [-0.25, -0.2) is 9.78 Å². The van der Waals surface area contributed by atoms with Crippen LogP contribution in [0.3, 0.4) is 0 Å². The van der Waals surface area contributed by atoms with Crippen LogP contribution in [0.5, 0.6) is 0 Å². The van der Waals surface area contributed by atoms with Crippen molar-refractivity contribution in [2.24, 2.45) is 5.41 Å². The molecule has 148 valence electrons. The van der Waals surface area contributed by atoms with Gasteiger partial charge < -0.3 is 10.1 Å². The molecule has 3 aromatic heterocycles. The summed E-state index contributed by atoms with van der Waals surface area (Å²) in [4.78, 5) is 17.7. The highest BCUT2D eigenvalue weighted by atomic mass is 32.2. The molecule has 3 aromatic rings. The maximum Gasteiger partial charge on any atom is 0.407 e. The summed E-state index contributed by atoms with van der Waals surface area (Å²) in [6.07, 6.45) is 0.479. The third kappa shape index (κ3) is 4.74. The van der Waals surface area contributed by atoms with Gasteiger partial charge in [-0.2, -0.15) is 15.7 Å². The fraction of sp³-hybridized carbons (Fsp3) is 0.300. The van der Waals surface area contributed by atoms with Crippen molar-refractivity contribution >= 4 is 40.5 Å². The van der Waals surface area contributed by atoms with Crippen molar-refractivity contribution in [2.75, 3.05) is 7.05 Å². The van der Waals surface area contributed by atoms with Crippen LogP contribution >= 0.6 is 34.4 Å². The van der Waals surface area contributed by atoms with Gasteiger partial charge >= 0.3 is 6.09 Å². The van der Waals surface area contributed by atoms with Gasteiger partial charge in [0.25, 0.3) is 0 Å². The number of rotatable bonds is 5. The average molecular weight is 437 g/mol. The monoisotopic (exact) mass is 436 g/mol. The normalized spacial score (nSPS) is 12.6. The van der Waals surface area contributed by atoms with Gasteiger partial charge in [0.05, 0.1) is 4.21 Å². The smallest absolute Gasteiger partial charge is 0.407 e. The SMILES string of the molecule is CNC(=O)OC(c1cc(-c2cccnc2F)c(Sc2ccsc2)s1)C(C)(C)C. The van der Waals surface area contributed by atoms with Gasteiger partial charge in [-0.05, 0) is 29.6 Å². The lowest BCUT2D eigenvalue weighted by Gasteiger charge is -2.29. The van der Waals surface area contributed by atoms with Crippen molar-refractivity contribution in [3.05, 3.63) is 52.0 Å². The summed E-state index contributed by atoms with van der Waals surface area (Å²) in [6, 6.07) is 7.38. The van der Waals surface area contributed by atoms with Crippen LogP contribution in [0.1, 0.15) is 31.8 Å². The summed E-state index contributed by atoms with van der Waals surface area (Å²) >= 11 is 4.71. The zero-order chi connectivity index (χ0) is 20.3. The van der Waals surface area contributed by atoms with Crippen LogP contribution < -0.4 is 5.32 Å². The lowest BCUT2D eigenvalue weighted by molar-refractivity contribution is 0.0338. The largest absolute Gasteiger partial charge is 0.440 e. The summed E-state index contributed by atoms with van der Waals surface area (Å²) in [6.45, 7) is 6.03. The molecule has 0 aromatic carbocycles. The van der Waals surface area contributed by atoms with E-state index in [-0.39, 0.29) is 5.41 Å². The summed E-state index contributed by atoms with van der Waals surface area (Å²) in [5.41, 5.74) is 0.874. The van der Waals surface area contributed by atoms with E-state index in [0.717, 1.165) is 19.5 Å². The van der Waals surface area contributed by atoms with Crippen LogP contribution in [-0.4, -0.2) is 18.1 Å². The molecule has 4 nitrogen and oxygen atoms in total. The average Bonchev–Trinajstić information content (AvgIpc) is 3.29. The standard InChI is InChI=1S/C20H21FN2O2S3/c1-20(2,3)16(25-19(24)22-4)15-10-14(13-6-5-8-23-17(13)21)18(28-15)27-12-7-9-26-11-12/h5-11,16H,1-4H3,(H,22,24). The van der Waals surface area contributed by atoms with Crippen molar-refractivity contribution in [3.63, 3.8) is 0 Å². The molecule has 0 aliphatic carbocycles. The van der Waals surface area contributed by atoms with Gasteiger partial charge in [0.2, 0.25) is 5.95 Å².